The van der Waals surface area contributed by atoms with E-state index in [1.54, 1.807) is 0 Å². The van der Waals surface area contributed by atoms with Crippen LogP contribution in [0.3, 0.4) is 0 Å². The molecule has 0 amide bonds. The molecule has 2 aromatic carbocycles. The maximum atomic E-state index is 3.26. The van der Waals surface area contributed by atoms with Crippen LogP contribution in [0.15, 0.2) is 64.4 Å². The molecule has 0 aliphatic carbocycles. The van der Waals surface area contributed by atoms with E-state index in [1.165, 1.54) is 15.4 Å². The van der Waals surface area contributed by atoms with Crippen molar-refractivity contribution in [1.29, 1.82) is 0 Å². The molecule has 3 heteroatoms. The van der Waals surface area contributed by atoms with E-state index >= 15 is 0 Å². The van der Waals surface area contributed by atoms with Gasteiger partial charge in [-0.25, -0.2) is 0 Å². The van der Waals surface area contributed by atoms with Gasteiger partial charge < -0.3 is 5.32 Å². The smallest absolute Gasteiger partial charge is 0.0289 e. The van der Waals surface area contributed by atoms with Gasteiger partial charge in [0.2, 0.25) is 0 Å². The Labute approximate surface area is 130 Å². The van der Waals surface area contributed by atoms with Crippen LogP contribution in [0.4, 0.5) is 0 Å². The van der Waals surface area contributed by atoms with E-state index in [9.17, 15) is 0 Å². The second-order valence-electron chi connectivity index (χ2n) is 4.59. The summed E-state index contributed by atoms with van der Waals surface area (Å²) in [5, 5.41) is 3.26. The lowest BCUT2D eigenvalue weighted by Gasteiger charge is -2.10. The monoisotopic (exact) mass is 303 g/mol. The van der Waals surface area contributed by atoms with E-state index in [0.29, 0.717) is 6.04 Å². The molecule has 0 fully saturated rings. The predicted molar refractivity (Wildman–Crippen MR) is 91.8 cm³/mol. The largest absolute Gasteiger partial charge is 0.313 e. The zero-order chi connectivity index (χ0) is 14.2. The standard InChI is InChI=1S/C17H21NS2/c1-14(18-2)15-8-10-17(11-9-15)20-13-12-19-16-6-4-3-5-7-16/h3-11,14,18H,12-13H2,1-2H3. The van der Waals surface area contributed by atoms with Crippen LogP contribution in [0.25, 0.3) is 0 Å². The Morgan fingerprint density at radius 2 is 1.40 bits per heavy atom. The van der Waals surface area contributed by atoms with Gasteiger partial charge in [-0.05, 0) is 43.8 Å². The quantitative estimate of drug-likeness (QED) is 0.580. The number of benzene rings is 2. The van der Waals surface area contributed by atoms with Crippen molar-refractivity contribution in [3.63, 3.8) is 0 Å². The number of rotatable bonds is 7. The summed E-state index contributed by atoms with van der Waals surface area (Å²) in [6.45, 7) is 2.18. The SMILES string of the molecule is CNC(C)c1ccc(SCCSc2ccccc2)cc1. The van der Waals surface area contributed by atoms with Crippen LogP contribution in [-0.4, -0.2) is 18.6 Å². The van der Waals surface area contributed by atoms with Gasteiger partial charge in [-0.3, -0.25) is 0 Å². The molecule has 106 valence electrons. The second-order valence-corrected chi connectivity index (χ2v) is 6.93. The first-order chi connectivity index (χ1) is 9.79. The van der Waals surface area contributed by atoms with Crippen molar-refractivity contribution < 1.29 is 0 Å². The fourth-order valence-electron chi connectivity index (χ4n) is 1.86. The van der Waals surface area contributed by atoms with E-state index in [1.807, 2.05) is 30.6 Å². The van der Waals surface area contributed by atoms with Crippen molar-refractivity contribution >= 4 is 23.5 Å². The first-order valence-electron chi connectivity index (χ1n) is 6.87. The van der Waals surface area contributed by atoms with Crippen LogP contribution in [0, 0.1) is 0 Å². The van der Waals surface area contributed by atoms with E-state index in [2.05, 4.69) is 66.8 Å². The van der Waals surface area contributed by atoms with Crippen LogP contribution < -0.4 is 5.32 Å². The third kappa shape index (κ3) is 4.89. The highest BCUT2D eigenvalue weighted by atomic mass is 32.2. The second kappa shape index (κ2) is 8.40. The minimum Gasteiger partial charge on any atom is -0.313 e. The van der Waals surface area contributed by atoms with Crippen molar-refractivity contribution in [2.24, 2.45) is 0 Å². The van der Waals surface area contributed by atoms with Gasteiger partial charge in [-0.15, -0.1) is 23.5 Å². The summed E-state index contributed by atoms with van der Waals surface area (Å²) < 4.78 is 0. The zero-order valence-electron chi connectivity index (χ0n) is 12.0. The fraction of sp³-hybridized carbons (Fsp3) is 0.294. The Morgan fingerprint density at radius 3 is 1.95 bits per heavy atom. The zero-order valence-corrected chi connectivity index (χ0v) is 13.6. The summed E-state index contributed by atoms with van der Waals surface area (Å²) in [4.78, 5) is 2.71. The summed E-state index contributed by atoms with van der Waals surface area (Å²) in [6, 6.07) is 19.9. The topological polar surface area (TPSA) is 12.0 Å². The van der Waals surface area contributed by atoms with Gasteiger partial charge in [0.1, 0.15) is 0 Å². The summed E-state index contributed by atoms with van der Waals surface area (Å²) in [7, 11) is 1.99. The van der Waals surface area contributed by atoms with Gasteiger partial charge >= 0.3 is 0 Å². The molecule has 2 aromatic rings. The van der Waals surface area contributed by atoms with Crippen molar-refractivity contribution in [2.75, 3.05) is 18.6 Å². The maximum absolute atomic E-state index is 3.26. The van der Waals surface area contributed by atoms with Gasteiger partial charge in [0, 0.05) is 27.3 Å². The molecule has 0 aliphatic heterocycles. The maximum Gasteiger partial charge on any atom is 0.0289 e. The minimum atomic E-state index is 0.419. The van der Waals surface area contributed by atoms with E-state index in [4.69, 9.17) is 0 Å². The molecule has 0 saturated heterocycles. The molecule has 0 spiro atoms. The molecular weight excluding hydrogens is 282 g/mol. The Kier molecular flexibility index (Phi) is 6.51. The highest BCUT2D eigenvalue weighted by Crippen LogP contribution is 2.24. The summed E-state index contributed by atoms with van der Waals surface area (Å²) in [5.74, 6) is 2.28. The highest BCUT2D eigenvalue weighted by molar-refractivity contribution is 8.03. The molecule has 0 bridgehead atoms. The third-order valence-electron chi connectivity index (χ3n) is 3.18. The molecule has 1 N–H and O–H groups in total. The minimum absolute atomic E-state index is 0.419. The average molecular weight is 303 g/mol. The van der Waals surface area contributed by atoms with Gasteiger partial charge in [-0.2, -0.15) is 0 Å². The highest BCUT2D eigenvalue weighted by Gasteiger charge is 2.02. The van der Waals surface area contributed by atoms with Gasteiger partial charge in [-0.1, -0.05) is 30.3 Å². The first kappa shape index (κ1) is 15.5. The van der Waals surface area contributed by atoms with Crippen molar-refractivity contribution in [3.05, 3.63) is 60.2 Å². The number of nitrogens with one attached hydrogen (secondary N) is 1. The molecule has 0 aromatic heterocycles. The molecule has 0 saturated carbocycles. The molecular formula is C17H21NS2. The van der Waals surface area contributed by atoms with E-state index in [0.717, 1.165) is 11.5 Å². The molecule has 20 heavy (non-hydrogen) atoms. The average Bonchev–Trinajstić information content (AvgIpc) is 2.52. The number of thioether (sulfide) groups is 2. The van der Waals surface area contributed by atoms with E-state index in [-0.39, 0.29) is 0 Å². The number of hydrogen-bond donors (Lipinski definition) is 1. The Morgan fingerprint density at radius 1 is 0.850 bits per heavy atom. The molecule has 0 radical (unpaired) electrons. The Hall–Kier alpha value is -0.900. The normalized spacial score (nSPS) is 12.3. The number of hydrogen-bond acceptors (Lipinski definition) is 3. The fourth-order valence-corrected chi connectivity index (χ4v) is 3.67. The van der Waals surface area contributed by atoms with Gasteiger partial charge in [0.25, 0.3) is 0 Å². The van der Waals surface area contributed by atoms with Crippen LogP contribution in [0.1, 0.15) is 18.5 Å². The van der Waals surface area contributed by atoms with Crippen LogP contribution in [0.5, 0.6) is 0 Å². The lowest BCUT2D eigenvalue weighted by Crippen LogP contribution is -2.11. The third-order valence-corrected chi connectivity index (χ3v) is 5.46. The molecule has 0 aliphatic rings. The predicted octanol–water partition coefficient (Wildman–Crippen LogP) is 4.85. The lowest BCUT2D eigenvalue weighted by atomic mass is 10.1. The molecule has 1 unspecified atom stereocenters. The molecule has 2 rings (SSSR count). The van der Waals surface area contributed by atoms with Crippen LogP contribution in [-0.2, 0) is 0 Å². The van der Waals surface area contributed by atoms with Crippen molar-refractivity contribution in [1.82, 2.24) is 5.32 Å². The summed E-state index contributed by atoms with van der Waals surface area (Å²) in [5.41, 5.74) is 1.34. The van der Waals surface area contributed by atoms with E-state index < -0.39 is 0 Å². The Bertz CT molecular complexity index is 496. The van der Waals surface area contributed by atoms with Gasteiger partial charge in [0.15, 0.2) is 0 Å². The van der Waals surface area contributed by atoms with Crippen molar-refractivity contribution in [3.8, 4) is 0 Å². The molecule has 1 atom stereocenters. The first-order valence-corrected chi connectivity index (χ1v) is 8.84. The van der Waals surface area contributed by atoms with Crippen LogP contribution >= 0.6 is 23.5 Å². The summed E-state index contributed by atoms with van der Waals surface area (Å²) >= 11 is 3.85. The van der Waals surface area contributed by atoms with Crippen molar-refractivity contribution in [2.45, 2.75) is 22.8 Å². The lowest BCUT2D eigenvalue weighted by molar-refractivity contribution is 0.652. The summed E-state index contributed by atoms with van der Waals surface area (Å²) in [6.07, 6.45) is 0. The van der Waals surface area contributed by atoms with Gasteiger partial charge in [0.05, 0.1) is 0 Å². The van der Waals surface area contributed by atoms with Crippen LogP contribution in [0.2, 0.25) is 0 Å². The molecule has 0 heterocycles. The molecule has 1 nitrogen and oxygen atoms in total. The Balaban J connectivity index is 1.74.